The van der Waals surface area contributed by atoms with Crippen LogP contribution in [0.1, 0.15) is 31.1 Å². The first-order valence-corrected chi connectivity index (χ1v) is 4.98. The van der Waals surface area contributed by atoms with Gasteiger partial charge < -0.3 is 11.5 Å². The maximum absolute atomic E-state index is 5.91. The molecule has 0 radical (unpaired) electrons. The summed E-state index contributed by atoms with van der Waals surface area (Å²) < 4.78 is 0. The van der Waals surface area contributed by atoms with E-state index in [0.717, 1.165) is 19.3 Å². The smallest absolute Gasteiger partial charge is 0.148 e. The van der Waals surface area contributed by atoms with Crippen molar-refractivity contribution in [3.63, 3.8) is 0 Å². The Hall–Kier alpha value is -1.33. The maximum Gasteiger partial charge on any atom is 0.148 e. The summed E-state index contributed by atoms with van der Waals surface area (Å²) in [5, 5.41) is 0. The monoisotopic (exact) mass is 207 g/mol. The van der Waals surface area contributed by atoms with E-state index < -0.39 is 0 Å². The topological polar surface area (TPSA) is 90.7 Å². The lowest BCUT2D eigenvalue weighted by molar-refractivity contribution is 0.517. The number of hydrogen-bond donors (Lipinski definition) is 2. The van der Waals surface area contributed by atoms with E-state index in [2.05, 4.69) is 21.5 Å². The summed E-state index contributed by atoms with van der Waals surface area (Å²) in [4.78, 5) is 11.7. The van der Waals surface area contributed by atoms with Gasteiger partial charge in [-0.25, -0.2) is 15.0 Å². The van der Waals surface area contributed by atoms with Crippen LogP contribution in [0.3, 0.4) is 0 Å². The molecule has 1 rings (SSSR count). The first kappa shape index (κ1) is 11.7. The number of hydrogen-bond acceptors (Lipinski definition) is 5. The van der Waals surface area contributed by atoms with Crippen molar-refractivity contribution in [2.24, 2.45) is 11.5 Å². The highest BCUT2D eigenvalue weighted by Crippen LogP contribution is 2.12. The van der Waals surface area contributed by atoms with Gasteiger partial charge in [0.05, 0.1) is 6.04 Å². The second-order valence-corrected chi connectivity index (χ2v) is 3.46. The zero-order chi connectivity index (χ0) is 11.1. The average molecular weight is 207 g/mol. The zero-order valence-electron chi connectivity index (χ0n) is 8.71. The fourth-order valence-corrected chi connectivity index (χ4v) is 1.29. The molecule has 5 nitrogen and oxygen atoms in total. The highest BCUT2D eigenvalue weighted by Gasteiger charge is 2.10. The standard InChI is InChI=1S/C10H17N5/c1-2-3-8(11)4-5-9(12)10-14-6-13-7-15-10/h2,6-9H,1,3-5,11-12H2. The Morgan fingerprint density at radius 1 is 1.27 bits per heavy atom. The Kier molecular flexibility index (Phi) is 4.86. The van der Waals surface area contributed by atoms with Crippen LogP contribution in [0.15, 0.2) is 25.3 Å². The molecule has 0 aliphatic heterocycles. The number of nitrogens with zero attached hydrogens (tertiary/aromatic N) is 3. The van der Waals surface area contributed by atoms with Crippen molar-refractivity contribution in [1.29, 1.82) is 0 Å². The molecular weight excluding hydrogens is 190 g/mol. The lowest BCUT2D eigenvalue weighted by Crippen LogP contribution is -2.22. The lowest BCUT2D eigenvalue weighted by atomic mass is 10.0. The van der Waals surface area contributed by atoms with Gasteiger partial charge in [0.15, 0.2) is 0 Å². The minimum absolute atomic E-state index is 0.121. The number of aromatic nitrogens is 3. The predicted octanol–water partition coefficient (Wildman–Crippen LogP) is 0.555. The summed E-state index contributed by atoms with van der Waals surface area (Å²) in [5.41, 5.74) is 11.7. The van der Waals surface area contributed by atoms with Crippen LogP contribution in [-0.4, -0.2) is 21.0 Å². The van der Waals surface area contributed by atoms with Crippen LogP contribution < -0.4 is 11.5 Å². The van der Waals surface area contributed by atoms with Gasteiger partial charge in [0.25, 0.3) is 0 Å². The third-order valence-electron chi connectivity index (χ3n) is 2.16. The van der Waals surface area contributed by atoms with Crippen LogP contribution in [0.5, 0.6) is 0 Å². The molecule has 0 spiro atoms. The summed E-state index contributed by atoms with van der Waals surface area (Å²) in [6.07, 6.45) is 7.15. The van der Waals surface area contributed by atoms with E-state index in [1.165, 1.54) is 12.7 Å². The molecule has 0 saturated heterocycles. The van der Waals surface area contributed by atoms with Crippen molar-refractivity contribution < 1.29 is 0 Å². The Labute approximate surface area is 89.6 Å². The number of nitrogens with two attached hydrogens (primary N) is 2. The first-order chi connectivity index (χ1) is 7.24. The summed E-state index contributed by atoms with van der Waals surface area (Å²) in [5.74, 6) is 0.621. The SMILES string of the molecule is C=CCC(N)CCC(N)c1ncncn1. The third-order valence-corrected chi connectivity index (χ3v) is 2.16. The van der Waals surface area contributed by atoms with Crippen molar-refractivity contribution in [3.05, 3.63) is 31.1 Å². The highest BCUT2D eigenvalue weighted by atomic mass is 15.0. The molecular formula is C10H17N5. The fourth-order valence-electron chi connectivity index (χ4n) is 1.29. The second-order valence-electron chi connectivity index (χ2n) is 3.46. The maximum atomic E-state index is 5.91. The molecule has 15 heavy (non-hydrogen) atoms. The van der Waals surface area contributed by atoms with Crippen molar-refractivity contribution in [2.45, 2.75) is 31.3 Å². The van der Waals surface area contributed by atoms with Crippen molar-refractivity contribution in [2.75, 3.05) is 0 Å². The minimum atomic E-state index is -0.163. The van der Waals surface area contributed by atoms with E-state index in [9.17, 15) is 0 Å². The minimum Gasteiger partial charge on any atom is -0.327 e. The molecule has 0 amide bonds. The normalized spacial score (nSPS) is 14.5. The van der Waals surface area contributed by atoms with Gasteiger partial charge in [-0.05, 0) is 19.3 Å². The highest BCUT2D eigenvalue weighted by molar-refractivity contribution is 4.90. The van der Waals surface area contributed by atoms with Crippen LogP contribution in [0.4, 0.5) is 0 Å². The lowest BCUT2D eigenvalue weighted by Gasteiger charge is -2.12. The molecule has 0 fully saturated rings. The molecule has 2 unspecified atom stereocenters. The van der Waals surface area contributed by atoms with E-state index in [1.807, 2.05) is 6.08 Å². The molecule has 1 aromatic heterocycles. The van der Waals surface area contributed by atoms with Gasteiger partial charge in [-0.2, -0.15) is 0 Å². The van der Waals surface area contributed by atoms with E-state index in [1.54, 1.807) is 0 Å². The second kappa shape index (κ2) is 6.21. The fraction of sp³-hybridized carbons (Fsp3) is 0.500. The van der Waals surface area contributed by atoms with E-state index in [0.29, 0.717) is 5.82 Å². The molecule has 2 atom stereocenters. The predicted molar refractivity (Wildman–Crippen MR) is 58.8 cm³/mol. The zero-order valence-corrected chi connectivity index (χ0v) is 8.71. The first-order valence-electron chi connectivity index (χ1n) is 4.98. The van der Waals surface area contributed by atoms with Crippen LogP contribution >= 0.6 is 0 Å². The summed E-state index contributed by atoms with van der Waals surface area (Å²) in [6, 6.07) is -0.0424. The molecule has 1 heterocycles. The van der Waals surface area contributed by atoms with E-state index >= 15 is 0 Å². The third kappa shape index (κ3) is 4.14. The average Bonchev–Trinajstić information content (AvgIpc) is 2.27. The van der Waals surface area contributed by atoms with E-state index in [4.69, 9.17) is 11.5 Å². The van der Waals surface area contributed by atoms with Gasteiger partial charge in [0.2, 0.25) is 0 Å². The Balaban J connectivity index is 2.36. The summed E-state index contributed by atoms with van der Waals surface area (Å²) in [7, 11) is 0. The van der Waals surface area contributed by atoms with Gasteiger partial charge in [-0.15, -0.1) is 6.58 Å². The quantitative estimate of drug-likeness (QED) is 0.665. The number of rotatable bonds is 6. The Morgan fingerprint density at radius 2 is 1.93 bits per heavy atom. The molecule has 82 valence electrons. The van der Waals surface area contributed by atoms with Gasteiger partial charge in [-0.3, -0.25) is 0 Å². The van der Waals surface area contributed by atoms with Crippen molar-refractivity contribution in [3.8, 4) is 0 Å². The van der Waals surface area contributed by atoms with Crippen LogP contribution in [0, 0.1) is 0 Å². The van der Waals surface area contributed by atoms with Gasteiger partial charge in [-0.1, -0.05) is 6.08 Å². The molecule has 4 N–H and O–H groups in total. The molecule has 0 aliphatic rings. The van der Waals surface area contributed by atoms with Crippen molar-refractivity contribution >= 4 is 0 Å². The van der Waals surface area contributed by atoms with Crippen LogP contribution in [-0.2, 0) is 0 Å². The van der Waals surface area contributed by atoms with Gasteiger partial charge in [0.1, 0.15) is 18.5 Å². The van der Waals surface area contributed by atoms with Gasteiger partial charge >= 0.3 is 0 Å². The Bertz CT molecular complexity index is 287. The van der Waals surface area contributed by atoms with Crippen molar-refractivity contribution in [1.82, 2.24) is 15.0 Å². The van der Waals surface area contributed by atoms with E-state index in [-0.39, 0.29) is 12.1 Å². The molecule has 0 aliphatic carbocycles. The molecule has 5 heteroatoms. The Morgan fingerprint density at radius 3 is 2.53 bits per heavy atom. The van der Waals surface area contributed by atoms with Gasteiger partial charge in [0, 0.05) is 6.04 Å². The summed E-state index contributed by atoms with van der Waals surface area (Å²) >= 11 is 0. The molecule has 0 saturated carbocycles. The summed E-state index contributed by atoms with van der Waals surface area (Å²) in [6.45, 7) is 3.64. The largest absolute Gasteiger partial charge is 0.327 e. The molecule has 0 bridgehead atoms. The van der Waals surface area contributed by atoms with Crippen LogP contribution in [0.2, 0.25) is 0 Å². The molecule has 0 aromatic carbocycles. The van der Waals surface area contributed by atoms with Crippen LogP contribution in [0.25, 0.3) is 0 Å². The molecule has 1 aromatic rings.